The van der Waals surface area contributed by atoms with Crippen LogP contribution in [0, 0.1) is 0 Å². The lowest BCUT2D eigenvalue weighted by Gasteiger charge is -2.20. The number of amides is 1. The van der Waals surface area contributed by atoms with Crippen LogP contribution < -0.4 is 0 Å². The molecular formula is C14H16ClNO4. The Balaban J connectivity index is 2.02. The fourth-order valence-corrected chi connectivity index (χ4v) is 2.43. The van der Waals surface area contributed by atoms with E-state index in [1.54, 1.807) is 17.9 Å². The van der Waals surface area contributed by atoms with Crippen molar-refractivity contribution in [3.05, 3.63) is 34.9 Å². The maximum absolute atomic E-state index is 11.9. The molecular weight excluding hydrogens is 282 g/mol. The fourth-order valence-electron chi connectivity index (χ4n) is 2.23. The van der Waals surface area contributed by atoms with Gasteiger partial charge in [-0.1, -0.05) is 29.8 Å². The summed E-state index contributed by atoms with van der Waals surface area (Å²) in [4.78, 5) is 24.0. The first-order chi connectivity index (χ1) is 9.39. The summed E-state index contributed by atoms with van der Waals surface area (Å²) in [6, 6.07) is 7.29. The molecule has 1 aromatic rings. The second-order valence-corrected chi connectivity index (χ2v) is 5.57. The van der Waals surface area contributed by atoms with Crippen molar-refractivity contribution < 1.29 is 19.4 Å². The molecule has 1 aromatic carbocycles. The summed E-state index contributed by atoms with van der Waals surface area (Å²) < 4.78 is 5.30. The van der Waals surface area contributed by atoms with E-state index in [2.05, 4.69) is 0 Å². The van der Waals surface area contributed by atoms with Crippen LogP contribution >= 0.6 is 11.6 Å². The van der Waals surface area contributed by atoms with Crippen LogP contribution in [-0.4, -0.2) is 34.2 Å². The van der Waals surface area contributed by atoms with Gasteiger partial charge in [0.2, 0.25) is 0 Å². The summed E-state index contributed by atoms with van der Waals surface area (Å²) >= 11 is 6.07. The Morgan fingerprint density at radius 1 is 1.50 bits per heavy atom. The van der Waals surface area contributed by atoms with E-state index in [0.717, 1.165) is 5.56 Å². The van der Waals surface area contributed by atoms with Gasteiger partial charge in [-0.2, -0.15) is 0 Å². The zero-order valence-electron chi connectivity index (χ0n) is 11.1. The van der Waals surface area contributed by atoms with E-state index >= 15 is 0 Å². The number of nitrogens with zero attached hydrogens (tertiary/aromatic N) is 1. The van der Waals surface area contributed by atoms with Crippen molar-refractivity contribution >= 4 is 23.7 Å². The lowest BCUT2D eigenvalue weighted by Crippen LogP contribution is -2.31. The number of carbonyl (C=O) groups excluding carboxylic acids is 1. The molecule has 1 saturated heterocycles. The van der Waals surface area contributed by atoms with Gasteiger partial charge in [-0.25, -0.2) is 4.79 Å². The minimum absolute atomic E-state index is 0.0241. The molecule has 1 amide bonds. The lowest BCUT2D eigenvalue weighted by molar-refractivity contribution is -0.138. The standard InChI is InChI=1S/C14H16ClNO4/c1-14(7-6-12(17)18)9-16(13(19)20-14)8-10-4-2-3-5-11(10)15/h2-5H,6-9H2,1H3,(H,17,18). The van der Waals surface area contributed by atoms with Gasteiger partial charge in [-0.3, -0.25) is 9.69 Å². The third-order valence-corrected chi connectivity index (χ3v) is 3.67. The molecule has 1 N–H and O–H groups in total. The van der Waals surface area contributed by atoms with Crippen molar-refractivity contribution in [1.82, 2.24) is 4.90 Å². The van der Waals surface area contributed by atoms with Gasteiger partial charge in [-0.15, -0.1) is 0 Å². The van der Waals surface area contributed by atoms with Crippen molar-refractivity contribution in [2.75, 3.05) is 6.54 Å². The molecule has 108 valence electrons. The normalized spacial score (nSPS) is 21.9. The van der Waals surface area contributed by atoms with Gasteiger partial charge in [0, 0.05) is 11.4 Å². The number of hydrogen-bond acceptors (Lipinski definition) is 3. The number of cyclic esters (lactones) is 1. The highest BCUT2D eigenvalue weighted by molar-refractivity contribution is 6.31. The number of halogens is 1. The maximum atomic E-state index is 11.9. The van der Waals surface area contributed by atoms with Gasteiger partial charge in [0.05, 0.1) is 13.1 Å². The van der Waals surface area contributed by atoms with Crippen LogP contribution in [0.15, 0.2) is 24.3 Å². The molecule has 1 atom stereocenters. The summed E-state index contributed by atoms with van der Waals surface area (Å²) in [7, 11) is 0. The predicted molar refractivity (Wildman–Crippen MR) is 73.6 cm³/mol. The molecule has 1 fully saturated rings. The average Bonchev–Trinajstić information content (AvgIpc) is 2.66. The highest BCUT2D eigenvalue weighted by Crippen LogP contribution is 2.29. The maximum Gasteiger partial charge on any atom is 0.410 e. The van der Waals surface area contributed by atoms with Gasteiger partial charge >= 0.3 is 12.1 Å². The van der Waals surface area contributed by atoms with Crippen molar-refractivity contribution in [2.45, 2.75) is 31.9 Å². The molecule has 6 heteroatoms. The van der Waals surface area contributed by atoms with E-state index in [0.29, 0.717) is 24.5 Å². The monoisotopic (exact) mass is 297 g/mol. The first-order valence-electron chi connectivity index (χ1n) is 6.33. The van der Waals surface area contributed by atoms with Crippen LogP contribution in [0.4, 0.5) is 4.79 Å². The second-order valence-electron chi connectivity index (χ2n) is 5.16. The summed E-state index contributed by atoms with van der Waals surface area (Å²) in [5, 5.41) is 9.32. The molecule has 2 rings (SSSR count). The van der Waals surface area contributed by atoms with Crippen molar-refractivity contribution in [3.8, 4) is 0 Å². The van der Waals surface area contributed by atoms with E-state index in [1.807, 2.05) is 18.2 Å². The Kier molecular flexibility index (Phi) is 4.18. The fraction of sp³-hybridized carbons (Fsp3) is 0.429. The minimum atomic E-state index is -0.896. The number of carboxylic acids is 1. The van der Waals surface area contributed by atoms with E-state index in [9.17, 15) is 9.59 Å². The second kappa shape index (κ2) is 5.71. The molecule has 0 saturated carbocycles. The quantitative estimate of drug-likeness (QED) is 0.907. The molecule has 0 spiro atoms. The summed E-state index contributed by atoms with van der Waals surface area (Å²) in [5.74, 6) is -0.896. The van der Waals surface area contributed by atoms with Crippen LogP contribution in [-0.2, 0) is 16.1 Å². The van der Waals surface area contributed by atoms with Gasteiger partial charge in [-0.05, 0) is 25.0 Å². The van der Waals surface area contributed by atoms with Crippen molar-refractivity contribution in [3.63, 3.8) is 0 Å². The van der Waals surface area contributed by atoms with Gasteiger partial charge in [0.15, 0.2) is 0 Å². The van der Waals surface area contributed by atoms with Gasteiger partial charge in [0.25, 0.3) is 0 Å². The predicted octanol–water partition coefficient (Wildman–Crippen LogP) is 2.92. The summed E-state index contributed by atoms with van der Waals surface area (Å²) in [6.45, 7) is 2.48. The average molecular weight is 298 g/mol. The molecule has 1 heterocycles. The number of aliphatic carboxylic acids is 1. The van der Waals surface area contributed by atoms with E-state index < -0.39 is 17.7 Å². The number of rotatable bonds is 5. The third kappa shape index (κ3) is 3.42. The molecule has 1 aliphatic rings. The Morgan fingerprint density at radius 3 is 2.85 bits per heavy atom. The Labute approximate surface area is 122 Å². The molecule has 1 unspecified atom stereocenters. The number of ether oxygens (including phenoxy) is 1. The minimum Gasteiger partial charge on any atom is -0.481 e. The Bertz CT molecular complexity index is 534. The van der Waals surface area contributed by atoms with Gasteiger partial charge in [0.1, 0.15) is 5.60 Å². The molecule has 20 heavy (non-hydrogen) atoms. The number of benzene rings is 1. The van der Waals surface area contributed by atoms with Crippen LogP contribution in [0.2, 0.25) is 5.02 Å². The number of carbonyl (C=O) groups is 2. The van der Waals surface area contributed by atoms with Crippen molar-refractivity contribution in [2.24, 2.45) is 0 Å². The highest BCUT2D eigenvalue weighted by Gasteiger charge is 2.41. The number of carboxylic acid groups (broad SMARTS) is 1. The highest BCUT2D eigenvalue weighted by atomic mass is 35.5. The van der Waals surface area contributed by atoms with Gasteiger partial charge < -0.3 is 9.84 Å². The Morgan fingerprint density at radius 2 is 2.20 bits per heavy atom. The van der Waals surface area contributed by atoms with E-state index in [4.69, 9.17) is 21.4 Å². The molecule has 5 nitrogen and oxygen atoms in total. The van der Waals surface area contributed by atoms with E-state index in [-0.39, 0.29) is 6.42 Å². The first-order valence-corrected chi connectivity index (χ1v) is 6.70. The molecule has 0 radical (unpaired) electrons. The zero-order valence-corrected chi connectivity index (χ0v) is 11.9. The van der Waals surface area contributed by atoms with Crippen LogP contribution in [0.25, 0.3) is 0 Å². The van der Waals surface area contributed by atoms with Crippen molar-refractivity contribution in [1.29, 1.82) is 0 Å². The molecule has 0 aromatic heterocycles. The SMILES string of the molecule is CC1(CCC(=O)O)CN(Cc2ccccc2Cl)C(=O)O1. The van der Waals surface area contributed by atoms with Crippen LogP contribution in [0.3, 0.4) is 0 Å². The topological polar surface area (TPSA) is 66.8 Å². The largest absolute Gasteiger partial charge is 0.481 e. The third-order valence-electron chi connectivity index (χ3n) is 3.30. The molecule has 0 aliphatic carbocycles. The van der Waals surface area contributed by atoms with Crippen LogP contribution in [0.5, 0.6) is 0 Å². The zero-order chi connectivity index (χ0) is 14.8. The molecule has 0 bridgehead atoms. The summed E-state index contributed by atoms with van der Waals surface area (Å²) in [5.41, 5.74) is 0.0881. The van der Waals surface area contributed by atoms with E-state index in [1.165, 1.54) is 0 Å². The lowest BCUT2D eigenvalue weighted by atomic mass is 10.00. The Hall–Kier alpha value is -1.75. The first kappa shape index (κ1) is 14.7. The van der Waals surface area contributed by atoms with Crippen LogP contribution in [0.1, 0.15) is 25.3 Å². The summed E-state index contributed by atoms with van der Waals surface area (Å²) in [6.07, 6.45) is -0.158. The molecule has 1 aliphatic heterocycles. The number of hydrogen-bond donors (Lipinski definition) is 1. The smallest absolute Gasteiger partial charge is 0.410 e.